The van der Waals surface area contributed by atoms with Crippen molar-refractivity contribution in [1.82, 2.24) is 0 Å². The second-order valence-corrected chi connectivity index (χ2v) is 12.1. The van der Waals surface area contributed by atoms with E-state index in [0.29, 0.717) is 11.5 Å². The van der Waals surface area contributed by atoms with Gasteiger partial charge in [0.15, 0.2) is 23.0 Å². The molecule has 0 unspecified atom stereocenters. The largest absolute Gasteiger partial charge is 0.449 e. The maximum atomic E-state index is 13.9. The minimum absolute atomic E-state index is 0.243. The van der Waals surface area contributed by atoms with Crippen molar-refractivity contribution in [1.29, 1.82) is 0 Å². The second-order valence-electron chi connectivity index (χ2n) is 12.1. The quantitative estimate of drug-likeness (QED) is 0.151. The van der Waals surface area contributed by atoms with Crippen LogP contribution in [0.4, 0.5) is 11.4 Å². The van der Waals surface area contributed by atoms with Gasteiger partial charge in [-0.25, -0.2) is 0 Å². The molecule has 0 atom stereocenters. The van der Waals surface area contributed by atoms with Crippen molar-refractivity contribution in [3.63, 3.8) is 0 Å². The number of fused-ring (bicyclic) bond motifs is 1. The standard InChI is InChI=1S/C40H52N2O3/c1-6-10-24-41(25-11-7-2)34-19-15-32(16-20-34)29-38-40(43)39(45-37-28-31(5)14-23-36(37)44-38)30-33-17-21-35(22-18-33)42(26-12-8-3)27-13-9-4/h14-23,28-30H,6-13,24-27H2,1-5H3. The molecular formula is C40H52N2O3. The molecule has 0 spiro atoms. The Kier molecular flexibility index (Phi) is 13.2. The molecule has 1 aliphatic heterocycles. The number of Topliss-reactive ketones (excluding diaryl/α,β-unsaturated/α-hetero) is 1. The van der Waals surface area contributed by atoms with Crippen LogP contribution in [0.1, 0.15) is 95.8 Å². The first-order valence-electron chi connectivity index (χ1n) is 17.1. The number of carbonyl (C=O) groups is 1. The second kappa shape index (κ2) is 17.5. The zero-order valence-corrected chi connectivity index (χ0v) is 28.1. The van der Waals surface area contributed by atoms with E-state index in [1.165, 1.54) is 62.7 Å². The van der Waals surface area contributed by atoms with Gasteiger partial charge in [0.25, 0.3) is 5.78 Å². The van der Waals surface area contributed by atoms with Gasteiger partial charge in [0.1, 0.15) is 0 Å². The summed E-state index contributed by atoms with van der Waals surface area (Å²) in [5.74, 6) is 1.28. The van der Waals surface area contributed by atoms with Gasteiger partial charge in [-0.15, -0.1) is 0 Å². The molecule has 0 saturated carbocycles. The fraction of sp³-hybridized carbons (Fsp3) is 0.425. The summed E-state index contributed by atoms with van der Waals surface area (Å²) in [7, 11) is 0. The van der Waals surface area contributed by atoms with Gasteiger partial charge in [0.05, 0.1) is 0 Å². The topological polar surface area (TPSA) is 42.0 Å². The molecule has 1 heterocycles. The number of carbonyl (C=O) groups excluding carboxylic acids is 1. The van der Waals surface area contributed by atoms with Gasteiger partial charge in [0, 0.05) is 37.6 Å². The average Bonchev–Trinajstić information content (AvgIpc) is 3.17. The minimum Gasteiger partial charge on any atom is -0.449 e. The highest BCUT2D eigenvalue weighted by molar-refractivity contribution is 6.11. The molecule has 3 aromatic carbocycles. The number of hydrogen-bond donors (Lipinski definition) is 0. The van der Waals surface area contributed by atoms with Gasteiger partial charge >= 0.3 is 0 Å². The number of nitrogens with zero attached hydrogens (tertiary/aromatic N) is 2. The van der Waals surface area contributed by atoms with Crippen molar-refractivity contribution in [2.45, 2.75) is 86.0 Å². The summed E-state index contributed by atoms with van der Waals surface area (Å²) in [6.45, 7) is 15.1. The molecule has 0 aliphatic carbocycles. The van der Waals surface area contributed by atoms with E-state index in [-0.39, 0.29) is 17.3 Å². The van der Waals surface area contributed by atoms with Gasteiger partial charge < -0.3 is 19.3 Å². The molecule has 5 nitrogen and oxygen atoms in total. The Hall–Kier alpha value is -3.99. The van der Waals surface area contributed by atoms with E-state index in [1.54, 1.807) is 0 Å². The van der Waals surface area contributed by atoms with E-state index in [4.69, 9.17) is 9.47 Å². The number of unbranched alkanes of at least 4 members (excludes halogenated alkanes) is 4. The number of anilines is 2. The summed E-state index contributed by atoms with van der Waals surface area (Å²) in [5, 5.41) is 0. The maximum absolute atomic E-state index is 13.9. The minimum atomic E-state index is -0.281. The van der Waals surface area contributed by atoms with Crippen molar-refractivity contribution in [3.05, 3.63) is 94.9 Å². The van der Waals surface area contributed by atoms with Crippen LogP contribution in [0.2, 0.25) is 0 Å². The lowest BCUT2D eigenvalue weighted by Gasteiger charge is -2.24. The Morgan fingerprint density at radius 1 is 0.556 bits per heavy atom. The zero-order chi connectivity index (χ0) is 32.0. The van der Waals surface area contributed by atoms with Crippen molar-refractivity contribution < 1.29 is 14.3 Å². The van der Waals surface area contributed by atoms with Gasteiger partial charge in [-0.3, -0.25) is 4.79 Å². The van der Waals surface area contributed by atoms with E-state index in [2.05, 4.69) is 86.0 Å². The third-order valence-corrected chi connectivity index (χ3v) is 8.22. The molecule has 5 heteroatoms. The van der Waals surface area contributed by atoms with Crippen LogP contribution in [-0.4, -0.2) is 32.0 Å². The van der Waals surface area contributed by atoms with Gasteiger partial charge in [-0.05, 0) is 97.8 Å². The van der Waals surface area contributed by atoms with Gasteiger partial charge in [0.2, 0.25) is 0 Å². The Bertz CT molecular complexity index is 1410. The van der Waals surface area contributed by atoms with Crippen LogP contribution in [0.15, 0.2) is 78.2 Å². The van der Waals surface area contributed by atoms with Crippen molar-refractivity contribution in [2.75, 3.05) is 36.0 Å². The first kappa shape index (κ1) is 33.9. The molecule has 0 bridgehead atoms. The summed E-state index contributed by atoms with van der Waals surface area (Å²) in [4.78, 5) is 18.9. The highest BCUT2D eigenvalue weighted by Crippen LogP contribution is 2.36. The van der Waals surface area contributed by atoms with Crippen molar-refractivity contribution >= 4 is 29.3 Å². The molecule has 3 aromatic rings. The van der Waals surface area contributed by atoms with Gasteiger partial charge in [-0.1, -0.05) is 83.7 Å². The Balaban J connectivity index is 1.63. The summed E-state index contributed by atoms with van der Waals surface area (Å²) < 4.78 is 12.5. The predicted octanol–water partition coefficient (Wildman–Crippen LogP) is 10.2. The van der Waals surface area contributed by atoms with Crippen LogP contribution in [0.5, 0.6) is 11.5 Å². The molecule has 45 heavy (non-hydrogen) atoms. The number of ether oxygens (including phenoxy) is 2. The lowest BCUT2D eigenvalue weighted by atomic mass is 10.1. The predicted molar refractivity (Wildman–Crippen MR) is 190 cm³/mol. The summed E-state index contributed by atoms with van der Waals surface area (Å²) in [6, 6.07) is 22.6. The average molecular weight is 609 g/mol. The molecule has 0 radical (unpaired) electrons. The monoisotopic (exact) mass is 608 g/mol. The van der Waals surface area contributed by atoms with Crippen molar-refractivity contribution in [3.8, 4) is 11.5 Å². The van der Waals surface area contributed by atoms with Crippen LogP contribution in [-0.2, 0) is 4.79 Å². The molecule has 0 fully saturated rings. The third-order valence-electron chi connectivity index (χ3n) is 8.22. The Labute approximate surface area is 271 Å². The first-order chi connectivity index (χ1) is 21.9. The molecule has 0 N–H and O–H groups in total. The molecule has 0 saturated heterocycles. The van der Waals surface area contributed by atoms with Crippen LogP contribution >= 0.6 is 0 Å². The van der Waals surface area contributed by atoms with Crippen LogP contribution < -0.4 is 19.3 Å². The molecular weight excluding hydrogens is 556 g/mol. The normalized spacial score (nSPS) is 14.6. The van der Waals surface area contributed by atoms with Crippen LogP contribution in [0.25, 0.3) is 12.2 Å². The van der Waals surface area contributed by atoms with E-state index in [0.717, 1.165) is 42.9 Å². The zero-order valence-electron chi connectivity index (χ0n) is 28.1. The fourth-order valence-electron chi connectivity index (χ4n) is 5.42. The molecule has 4 rings (SSSR count). The lowest BCUT2D eigenvalue weighted by molar-refractivity contribution is -0.115. The molecule has 1 aliphatic rings. The number of hydrogen-bond acceptors (Lipinski definition) is 5. The fourth-order valence-corrected chi connectivity index (χ4v) is 5.42. The van der Waals surface area contributed by atoms with E-state index >= 15 is 0 Å². The summed E-state index contributed by atoms with van der Waals surface area (Å²) in [6.07, 6.45) is 13.0. The summed E-state index contributed by atoms with van der Waals surface area (Å²) in [5.41, 5.74) is 5.27. The van der Waals surface area contributed by atoms with E-state index in [1.807, 2.05) is 37.3 Å². The highest BCUT2D eigenvalue weighted by Gasteiger charge is 2.26. The van der Waals surface area contributed by atoms with Crippen molar-refractivity contribution in [2.24, 2.45) is 0 Å². The highest BCUT2D eigenvalue weighted by atomic mass is 16.5. The third kappa shape index (κ3) is 9.75. The van der Waals surface area contributed by atoms with Gasteiger partial charge in [-0.2, -0.15) is 0 Å². The Morgan fingerprint density at radius 2 is 0.956 bits per heavy atom. The first-order valence-corrected chi connectivity index (χ1v) is 17.1. The number of aryl methyl sites for hydroxylation is 1. The van der Waals surface area contributed by atoms with Crippen LogP contribution in [0.3, 0.4) is 0 Å². The molecule has 0 aromatic heterocycles. The molecule has 240 valence electrons. The summed E-state index contributed by atoms with van der Waals surface area (Å²) >= 11 is 0. The SMILES string of the molecule is CCCCN(CCCC)c1ccc(C=C2Oc3ccc(C)cc3OC(=Cc3ccc(N(CCCC)CCCC)cc3)C2=O)cc1. The smallest absolute Gasteiger partial charge is 0.263 e. The molecule has 0 amide bonds. The maximum Gasteiger partial charge on any atom is 0.263 e. The number of rotatable bonds is 16. The number of ketones is 1. The van der Waals surface area contributed by atoms with Crippen LogP contribution in [0, 0.1) is 6.92 Å². The Morgan fingerprint density at radius 3 is 1.36 bits per heavy atom. The van der Waals surface area contributed by atoms with E-state index in [9.17, 15) is 4.79 Å². The number of benzene rings is 3. The lowest BCUT2D eigenvalue weighted by Crippen LogP contribution is -2.25. The van der Waals surface area contributed by atoms with E-state index < -0.39 is 0 Å².